The van der Waals surface area contributed by atoms with Gasteiger partial charge in [-0.15, -0.1) is 23.2 Å². The fourth-order valence-electron chi connectivity index (χ4n) is 0. The molecule has 0 saturated carbocycles. The van der Waals surface area contributed by atoms with E-state index in [1.807, 2.05) is 0 Å². The van der Waals surface area contributed by atoms with Crippen molar-refractivity contribution in [1.82, 2.24) is 0 Å². The Morgan fingerprint density at radius 1 is 1.00 bits per heavy atom. The van der Waals surface area contributed by atoms with Crippen LogP contribution in [-0.2, 0) is 10.4 Å². The maximum atomic E-state index is 8.52. The summed E-state index contributed by atoms with van der Waals surface area (Å²) >= 11 is 10.1. The summed E-state index contributed by atoms with van der Waals surface area (Å²) in [4.78, 5) is 0. The Bertz CT molecular complexity index is 127. The van der Waals surface area contributed by atoms with E-state index in [2.05, 4.69) is 0 Å². The van der Waals surface area contributed by atoms with Crippen LogP contribution in [0.15, 0.2) is 0 Å². The van der Waals surface area contributed by atoms with Gasteiger partial charge >= 0.3 is 59.1 Å². The van der Waals surface area contributed by atoms with Crippen molar-refractivity contribution < 1.29 is 76.6 Å². The standard InChI is InChI=1S/C2H4Cl2.2Na.H2O4S/c3-1-2-4;;;1-5(2,3)4/h1-2H2;;;(H2,1,2,3,4)/q;2*+1;/p-2. The summed E-state index contributed by atoms with van der Waals surface area (Å²) in [6, 6.07) is 0. The minimum atomic E-state index is -5.17. The van der Waals surface area contributed by atoms with Gasteiger partial charge in [-0.2, -0.15) is 0 Å². The number of alkyl halides is 2. The Balaban J connectivity index is -0.0000000383. The van der Waals surface area contributed by atoms with Gasteiger partial charge in [0, 0.05) is 22.2 Å². The van der Waals surface area contributed by atoms with Crippen LogP contribution in [0.25, 0.3) is 0 Å². The van der Waals surface area contributed by atoms with Crippen LogP contribution in [0.4, 0.5) is 0 Å². The summed E-state index contributed by atoms with van der Waals surface area (Å²) in [7, 11) is -5.17. The van der Waals surface area contributed by atoms with E-state index in [1.54, 1.807) is 0 Å². The van der Waals surface area contributed by atoms with Crippen molar-refractivity contribution in [3.63, 3.8) is 0 Å². The molecule has 0 aliphatic rings. The minimum Gasteiger partial charge on any atom is -0.759 e. The molecule has 0 heterocycles. The monoisotopic (exact) mass is 240 g/mol. The number of rotatable bonds is 1. The molecule has 0 aliphatic heterocycles. The summed E-state index contributed by atoms with van der Waals surface area (Å²) in [6.45, 7) is 0. The van der Waals surface area contributed by atoms with Gasteiger partial charge in [0.2, 0.25) is 0 Å². The molecular formula is C2H4Cl2Na2O4S. The van der Waals surface area contributed by atoms with Crippen molar-refractivity contribution in [2.24, 2.45) is 0 Å². The van der Waals surface area contributed by atoms with Gasteiger partial charge in [-0.1, -0.05) is 0 Å². The maximum Gasteiger partial charge on any atom is 1.00 e. The molecule has 9 heteroatoms. The second-order valence-electron chi connectivity index (χ2n) is 0.786. The predicted molar refractivity (Wildman–Crippen MR) is 31.9 cm³/mol. The molecule has 0 saturated heterocycles. The molecule has 11 heavy (non-hydrogen) atoms. The molecule has 0 spiro atoms. The first-order valence-electron chi connectivity index (χ1n) is 1.70. The zero-order chi connectivity index (χ0) is 7.91. The molecule has 0 aromatic carbocycles. The van der Waals surface area contributed by atoms with E-state index in [0.29, 0.717) is 11.8 Å². The average Bonchev–Trinajstić information content (AvgIpc) is 1.61. The topological polar surface area (TPSA) is 80.3 Å². The summed E-state index contributed by atoms with van der Waals surface area (Å²) in [6.07, 6.45) is 0. The van der Waals surface area contributed by atoms with Crippen LogP contribution < -0.4 is 59.1 Å². The summed E-state index contributed by atoms with van der Waals surface area (Å²) in [5.74, 6) is 1.11. The second kappa shape index (κ2) is 14.9. The first-order valence-corrected chi connectivity index (χ1v) is 4.10. The molecule has 0 aromatic rings. The van der Waals surface area contributed by atoms with Crippen molar-refractivity contribution >= 4 is 33.6 Å². The molecule has 0 rings (SSSR count). The van der Waals surface area contributed by atoms with Crippen molar-refractivity contribution in [1.29, 1.82) is 0 Å². The van der Waals surface area contributed by atoms with Gasteiger partial charge in [0.15, 0.2) is 0 Å². The Kier molecular flexibility index (Phi) is 31.7. The Labute approximate surface area is 120 Å². The zero-order valence-corrected chi connectivity index (χ0v) is 12.5. The van der Waals surface area contributed by atoms with Gasteiger partial charge in [0.1, 0.15) is 0 Å². The molecule has 4 nitrogen and oxygen atoms in total. The van der Waals surface area contributed by atoms with Gasteiger partial charge in [-0.3, -0.25) is 8.42 Å². The number of halogens is 2. The van der Waals surface area contributed by atoms with E-state index in [9.17, 15) is 0 Å². The minimum absolute atomic E-state index is 0. The molecule has 0 fully saturated rings. The summed E-state index contributed by atoms with van der Waals surface area (Å²) < 4.78 is 34.1. The van der Waals surface area contributed by atoms with Gasteiger partial charge in [-0.05, 0) is 0 Å². The van der Waals surface area contributed by atoms with E-state index in [0.717, 1.165) is 0 Å². The normalized spacial score (nSPS) is 8.00. The van der Waals surface area contributed by atoms with Gasteiger partial charge < -0.3 is 9.11 Å². The third-order valence-electron chi connectivity index (χ3n) is 0.0714. The van der Waals surface area contributed by atoms with Crippen LogP contribution in [0.5, 0.6) is 0 Å². The molecule has 0 bridgehead atoms. The molecule has 0 aliphatic carbocycles. The Morgan fingerprint density at radius 2 is 1.09 bits per heavy atom. The Hall–Kier alpha value is 2.45. The molecule has 0 N–H and O–H groups in total. The van der Waals surface area contributed by atoms with Crippen molar-refractivity contribution in [3.05, 3.63) is 0 Å². The number of hydrogen-bond acceptors (Lipinski definition) is 4. The molecule has 0 amide bonds. The van der Waals surface area contributed by atoms with Gasteiger partial charge in [0.05, 0.1) is 0 Å². The average molecular weight is 241 g/mol. The molecule has 0 aromatic heterocycles. The van der Waals surface area contributed by atoms with Crippen LogP contribution in [0.3, 0.4) is 0 Å². The summed E-state index contributed by atoms with van der Waals surface area (Å²) in [5.41, 5.74) is 0. The van der Waals surface area contributed by atoms with E-state index < -0.39 is 10.4 Å². The predicted octanol–water partition coefficient (Wildman–Crippen LogP) is -5.87. The van der Waals surface area contributed by atoms with E-state index in [-0.39, 0.29) is 59.1 Å². The quantitative estimate of drug-likeness (QED) is 0.198. The Morgan fingerprint density at radius 3 is 1.09 bits per heavy atom. The first kappa shape index (κ1) is 23.3. The summed E-state index contributed by atoms with van der Waals surface area (Å²) in [5, 5.41) is 0. The van der Waals surface area contributed by atoms with Crippen LogP contribution >= 0.6 is 23.2 Å². The number of hydrogen-bond donors (Lipinski definition) is 0. The van der Waals surface area contributed by atoms with Crippen LogP contribution in [0, 0.1) is 0 Å². The first-order chi connectivity index (χ1) is 3.91. The smallest absolute Gasteiger partial charge is 0.759 e. The largest absolute Gasteiger partial charge is 1.00 e. The van der Waals surface area contributed by atoms with Crippen molar-refractivity contribution in [3.8, 4) is 0 Å². The fourth-order valence-corrected chi connectivity index (χ4v) is 0. The van der Waals surface area contributed by atoms with E-state index in [4.69, 9.17) is 40.7 Å². The van der Waals surface area contributed by atoms with E-state index >= 15 is 0 Å². The molecule has 58 valence electrons. The molecule has 0 unspecified atom stereocenters. The molecule has 0 radical (unpaired) electrons. The SMILES string of the molecule is ClCCCl.O=S(=O)([O-])[O-].[Na+].[Na+]. The van der Waals surface area contributed by atoms with Crippen LogP contribution in [0.2, 0.25) is 0 Å². The molecule has 0 atom stereocenters. The van der Waals surface area contributed by atoms with Crippen LogP contribution in [0.1, 0.15) is 0 Å². The second-order valence-corrected chi connectivity index (χ2v) is 2.36. The van der Waals surface area contributed by atoms with Gasteiger partial charge in [0.25, 0.3) is 0 Å². The van der Waals surface area contributed by atoms with Crippen molar-refractivity contribution in [2.75, 3.05) is 11.8 Å². The fraction of sp³-hybridized carbons (Fsp3) is 1.00. The third kappa shape index (κ3) is 114. The third-order valence-corrected chi connectivity index (χ3v) is 0.643. The van der Waals surface area contributed by atoms with Crippen LogP contribution in [-0.4, -0.2) is 29.3 Å². The molecular weight excluding hydrogens is 237 g/mol. The maximum absolute atomic E-state index is 8.52. The van der Waals surface area contributed by atoms with E-state index in [1.165, 1.54) is 0 Å². The zero-order valence-electron chi connectivity index (χ0n) is 6.21. The van der Waals surface area contributed by atoms with Crippen molar-refractivity contribution in [2.45, 2.75) is 0 Å². The van der Waals surface area contributed by atoms with Gasteiger partial charge in [-0.25, -0.2) is 0 Å².